The lowest BCUT2D eigenvalue weighted by molar-refractivity contribution is 0.621. The van der Waals surface area contributed by atoms with Gasteiger partial charge in [0.15, 0.2) is 8.07 Å². The summed E-state index contributed by atoms with van der Waals surface area (Å²) in [6, 6.07) is 73.1. The van der Waals surface area contributed by atoms with Crippen LogP contribution in [0.25, 0.3) is 55.0 Å². The summed E-state index contributed by atoms with van der Waals surface area (Å²) in [7, 11) is -2.96. The Labute approximate surface area is 349 Å². The minimum atomic E-state index is -2.96. The molecule has 0 saturated heterocycles. The van der Waals surface area contributed by atoms with Gasteiger partial charge in [0, 0.05) is 48.5 Å². The van der Waals surface area contributed by atoms with Crippen molar-refractivity contribution in [2.75, 3.05) is 0 Å². The van der Waals surface area contributed by atoms with Gasteiger partial charge in [0.05, 0.1) is 22.1 Å². The summed E-state index contributed by atoms with van der Waals surface area (Å²) in [5.74, 6) is 0. The number of para-hydroxylation sites is 3. The van der Waals surface area contributed by atoms with E-state index in [1.807, 2.05) is 11.8 Å². The topological polar surface area (TPSA) is 9.86 Å². The molecule has 1 aliphatic heterocycles. The molecule has 0 bridgehead atoms. The Balaban J connectivity index is 1.13. The summed E-state index contributed by atoms with van der Waals surface area (Å²) >= 11 is 2.00. The van der Waals surface area contributed by atoms with Gasteiger partial charge < -0.3 is 9.13 Å². The van der Waals surface area contributed by atoms with Crippen LogP contribution in [0.15, 0.2) is 223 Å². The third-order valence-electron chi connectivity index (χ3n) is 13.1. The molecule has 3 heterocycles. The molecule has 12 rings (SSSR count). The number of benzene rings is 8. The highest BCUT2D eigenvalue weighted by molar-refractivity contribution is 8.00. The summed E-state index contributed by atoms with van der Waals surface area (Å²) in [4.78, 5) is 1.39. The smallest absolute Gasteiger partial charge is 0.179 e. The fraction of sp³-hybridized carbons (Fsp3) is 0.0545. The number of thioether (sulfide) groups is 1. The molecule has 0 radical (unpaired) electrons. The number of fused-ring (bicyclic) bond motifs is 9. The number of hydrogen-bond acceptors (Lipinski definition) is 1. The van der Waals surface area contributed by atoms with Crippen LogP contribution in [0.1, 0.15) is 12.5 Å². The van der Waals surface area contributed by atoms with Crippen molar-refractivity contribution in [1.82, 2.24) is 9.13 Å². The van der Waals surface area contributed by atoms with E-state index in [0.717, 1.165) is 0 Å². The van der Waals surface area contributed by atoms with E-state index in [-0.39, 0.29) is 5.41 Å². The molecule has 0 spiro atoms. The number of aromatic nitrogens is 2. The summed E-state index contributed by atoms with van der Waals surface area (Å²) in [6.07, 6.45) is 9.21. The van der Waals surface area contributed by atoms with Crippen LogP contribution >= 0.6 is 11.8 Å². The lowest BCUT2D eigenvalue weighted by Crippen LogP contribution is -2.74. The molecule has 1 unspecified atom stereocenters. The Kier molecular flexibility index (Phi) is 7.72. The van der Waals surface area contributed by atoms with Gasteiger partial charge >= 0.3 is 0 Å². The molecular weight excluding hydrogens is 749 g/mol. The molecule has 59 heavy (non-hydrogen) atoms. The highest BCUT2D eigenvalue weighted by Gasteiger charge is 2.43. The number of nitrogens with zero attached hydrogens (tertiary/aromatic N) is 2. The maximum atomic E-state index is 2.53. The predicted octanol–water partition coefficient (Wildman–Crippen LogP) is 11.1. The molecule has 8 aromatic carbocycles. The van der Waals surface area contributed by atoms with Crippen LogP contribution in [0.2, 0.25) is 0 Å². The third kappa shape index (κ3) is 5.00. The number of allylic oxidation sites excluding steroid dienone is 3. The van der Waals surface area contributed by atoms with Gasteiger partial charge in [0.25, 0.3) is 0 Å². The van der Waals surface area contributed by atoms with Crippen LogP contribution in [0, 0.1) is 0 Å². The van der Waals surface area contributed by atoms with Crippen molar-refractivity contribution in [3.05, 3.63) is 224 Å². The van der Waals surface area contributed by atoms with Crippen LogP contribution < -0.4 is 20.7 Å². The van der Waals surface area contributed by atoms with E-state index in [2.05, 4.69) is 234 Å². The molecule has 2 aromatic heterocycles. The zero-order chi connectivity index (χ0) is 39.1. The van der Waals surface area contributed by atoms with E-state index in [1.165, 1.54) is 86.2 Å². The molecule has 280 valence electrons. The average molecular weight is 789 g/mol. The van der Waals surface area contributed by atoms with E-state index in [9.17, 15) is 0 Å². The molecule has 0 fully saturated rings. The monoisotopic (exact) mass is 788 g/mol. The second-order valence-corrected chi connectivity index (χ2v) is 21.2. The summed E-state index contributed by atoms with van der Waals surface area (Å²) in [6.45, 7) is 2.41. The van der Waals surface area contributed by atoms with Crippen molar-refractivity contribution >= 4 is 84.2 Å². The molecule has 10 aromatic rings. The molecule has 0 amide bonds. The Bertz CT molecular complexity index is 3240. The molecule has 0 saturated carbocycles. The zero-order valence-electron chi connectivity index (χ0n) is 32.7. The van der Waals surface area contributed by atoms with Gasteiger partial charge in [0.2, 0.25) is 0 Å². The third-order valence-corrected chi connectivity index (χ3v) is 19.4. The molecule has 2 nitrogen and oxygen atoms in total. The van der Waals surface area contributed by atoms with Crippen LogP contribution in [-0.4, -0.2) is 22.5 Å². The predicted molar refractivity (Wildman–Crippen MR) is 254 cm³/mol. The first kappa shape index (κ1) is 34.4. The molecule has 2 aliphatic rings. The highest BCUT2D eigenvalue weighted by atomic mass is 32.2. The van der Waals surface area contributed by atoms with Crippen LogP contribution in [-0.2, 0) is 5.41 Å². The van der Waals surface area contributed by atoms with Crippen LogP contribution in [0.4, 0.5) is 0 Å². The van der Waals surface area contributed by atoms with Crippen molar-refractivity contribution in [2.24, 2.45) is 0 Å². The van der Waals surface area contributed by atoms with E-state index < -0.39 is 8.07 Å². The lowest BCUT2D eigenvalue weighted by Gasteiger charge is -2.35. The van der Waals surface area contributed by atoms with Gasteiger partial charge in [-0.1, -0.05) is 171 Å². The largest absolute Gasteiger partial charge is 0.309 e. The number of hydrogen-bond donors (Lipinski definition) is 0. The van der Waals surface area contributed by atoms with Gasteiger partial charge in [-0.15, -0.1) is 11.8 Å². The van der Waals surface area contributed by atoms with Crippen molar-refractivity contribution < 1.29 is 0 Å². The molecule has 1 aliphatic carbocycles. The Morgan fingerprint density at radius 1 is 0.441 bits per heavy atom. The molecular formula is C55H40N2SSi. The Hall–Kier alpha value is -6.59. The first-order valence-electron chi connectivity index (χ1n) is 20.5. The minimum absolute atomic E-state index is 0.0455. The van der Waals surface area contributed by atoms with Gasteiger partial charge in [-0.25, -0.2) is 0 Å². The average Bonchev–Trinajstić information content (AvgIpc) is 3.91. The normalized spacial score (nSPS) is 17.3. The van der Waals surface area contributed by atoms with Crippen molar-refractivity contribution in [3.63, 3.8) is 0 Å². The first-order chi connectivity index (χ1) is 29.1. The second-order valence-electron chi connectivity index (χ2n) is 16.2. The van der Waals surface area contributed by atoms with Gasteiger partial charge in [-0.3, -0.25) is 0 Å². The maximum absolute atomic E-state index is 2.96. The summed E-state index contributed by atoms with van der Waals surface area (Å²) < 4.78 is 4.98. The van der Waals surface area contributed by atoms with Crippen molar-refractivity contribution in [2.45, 2.75) is 22.5 Å². The van der Waals surface area contributed by atoms with Gasteiger partial charge in [-0.05, 0) is 80.9 Å². The highest BCUT2D eigenvalue weighted by Crippen LogP contribution is 2.54. The van der Waals surface area contributed by atoms with Crippen LogP contribution in [0.3, 0.4) is 0 Å². The summed E-state index contributed by atoms with van der Waals surface area (Å²) in [5.41, 5.74) is 8.65. The quantitative estimate of drug-likeness (QED) is 0.121. The number of rotatable bonds is 6. The second kappa shape index (κ2) is 13.2. The van der Waals surface area contributed by atoms with Crippen LogP contribution in [0.5, 0.6) is 0 Å². The van der Waals surface area contributed by atoms with Gasteiger partial charge in [0.1, 0.15) is 0 Å². The van der Waals surface area contributed by atoms with E-state index in [4.69, 9.17) is 0 Å². The lowest BCUT2D eigenvalue weighted by atomic mass is 9.77. The fourth-order valence-corrected chi connectivity index (χ4v) is 16.7. The SMILES string of the molecule is C[C@]12C=CC=CC1Sc1cc3c4ccccc4n(-c4cccc([Si](c5ccccc5)(c5ccccc5)c5cccc(-n6c7ccccc7c7ccccc76)c5)c4)c3cc12. The standard InChI is InChI=1S/C55H40N2SSi/c1-55-33-15-14-32-54(55)58-53-36-47-46-28-10-13-31-51(46)57(52(47)37-48(53)55)39-19-17-25-43(35-39)59(40-20-4-2-5-21-40,41-22-6-3-7-23-41)42-24-16-18-38(34-42)56-49-29-11-8-26-44(49)45-27-9-12-30-50(45)56/h2-37,54H,1H3/t54?,55-/m1/s1. The van der Waals surface area contributed by atoms with E-state index in [0.29, 0.717) is 5.25 Å². The maximum Gasteiger partial charge on any atom is 0.179 e. The molecule has 2 atom stereocenters. The minimum Gasteiger partial charge on any atom is -0.309 e. The van der Waals surface area contributed by atoms with Crippen molar-refractivity contribution in [3.8, 4) is 11.4 Å². The summed E-state index contributed by atoms with van der Waals surface area (Å²) in [5, 5.41) is 10.9. The molecule has 0 N–H and O–H groups in total. The first-order valence-corrected chi connectivity index (χ1v) is 23.4. The Morgan fingerprint density at radius 2 is 0.915 bits per heavy atom. The van der Waals surface area contributed by atoms with Crippen molar-refractivity contribution in [1.29, 1.82) is 0 Å². The van der Waals surface area contributed by atoms with E-state index in [1.54, 1.807) is 0 Å². The van der Waals surface area contributed by atoms with E-state index >= 15 is 0 Å². The Morgan fingerprint density at radius 3 is 1.47 bits per heavy atom. The molecule has 4 heteroatoms. The zero-order valence-corrected chi connectivity index (χ0v) is 34.5. The fourth-order valence-electron chi connectivity index (χ4n) is 10.4. The van der Waals surface area contributed by atoms with Gasteiger partial charge in [-0.2, -0.15) is 0 Å².